The standard InChI is InChI=1S/C12H16N2O3S/c1-2-4-17-7-8-6-9(12(15)16)14-10(8)11-13-3-5-18-11/h3,5-6,9-10,14H,2,4,7H2,1H3,(H,15,16). The van der Waals surface area contributed by atoms with E-state index >= 15 is 0 Å². The van der Waals surface area contributed by atoms with Crippen LogP contribution in [0.5, 0.6) is 0 Å². The molecule has 2 heterocycles. The van der Waals surface area contributed by atoms with E-state index in [1.165, 1.54) is 11.3 Å². The maximum absolute atomic E-state index is 11.0. The second-order valence-corrected chi connectivity index (χ2v) is 5.01. The van der Waals surface area contributed by atoms with Crippen molar-refractivity contribution in [3.05, 3.63) is 28.2 Å². The topological polar surface area (TPSA) is 71.5 Å². The van der Waals surface area contributed by atoms with Gasteiger partial charge in [-0.15, -0.1) is 11.3 Å². The fraction of sp³-hybridized carbons (Fsp3) is 0.500. The Morgan fingerprint density at radius 3 is 3.11 bits per heavy atom. The van der Waals surface area contributed by atoms with Crippen molar-refractivity contribution in [3.63, 3.8) is 0 Å². The molecule has 2 N–H and O–H groups in total. The zero-order chi connectivity index (χ0) is 13.0. The normalized spacial score (nSPS) is 23.1. The van der Waals surface area contributed by atoms with Gasteiger partial charge >= 0.3 is 5.97 Å². The molecule has 0 aromatic carbocycles. The van der Waals surface area contributed by atoms with Crippen LogP contribution in [0.2, 0.25) is 0 Å². The van der Waals surface area contributed by atoms with Crippen molar-refractivity contribution in [1.82, 2.24) is 10.3 Å². The van der Waals surface area contributed by atoms with Crippen molar-refractivity contribution in [2.24, 2.45) is 0 Å². The first-order valence-corrected chi connectivity index (χ1v) is 6.77. The van der Waals surface area contributed by atoms with E-state index in [-0.39, 0.29) is 6.04 Å². The Bertz CT molecular complexity index is 431. The van der Waals surface area contributed by atoms with Gasteiger partial charge in [-0.1, -0.05) is 13.0 Å². The van der Waals surface area contributed by atoms with Crippen molar-refractivity contribution in [3.8, 4) is 0 Å². The van der Waals surface area contributed by atoms with Crippen LogP contribution in [-0.2, 0) is 9.53 Å². The monoisotopic (exact) mass is 268 g/mol. The SMILES string of the molecule is CCCOCC1=CC(C(=O)O)NC1c1nccs1. The van der Waals surface area contributed by atoms with E-state index in [9.17, 15) is 4.79 Å². The molecule has 6 heteroatoms. The van der Waals surface area contributed by atoms with Crippen LogP contribution in [0.3, 0.4) is 0 Å². The van der Waals surface area contributed by atoms with Crippen molar-refractivity contribution >= 4 is 17.3 Å². The average Bonchev–Trinajstić information content (AvgIpc) is 2.97. The molecular formula is C12H16N2O3S. The van der Waals surface area contributed by atoms with Gasteiger partial charge in [-0.25, -0.2) is 4.98 Å². The molecule has 0 saturated heterocycles. The molecule has 0 bridgehead atoms. The van der Waals surface area contributed by atoms with E-state index < -0.39 is 12.0 Å². The number of nitrogens with zero attached hydrogens (tertiary/aromatic N) is 1. The molecule has 1 aromatic rings. The Morgan fingerprint density at radius 1 is 1.67 bits per heavy atom. The Kier molecular flexibility index (Phi) is 4.46. The molecule has 5 nitrogen and oxygen atoms in total. The maximum atomic E-state index is 11.0. The fourth-order valence-corrected chi connectivity index (χ4v) is 2.60. The number of nitrogens with one attached hydrogen (secondary N) is 1. The van der Waals surface area contributed by atoms with E-state index in [0.29, 0.717) is 13.2 Å². The van der Waals surface area contributed by atoms with Crippen molar-refractivity contribution in [2.75, 3.05) is 13.2 Å². The fourth-order valence-electron chi connectivity index (χ4n) is 1.86. The summed E-state index contributed by atoms with van der Waals surface area (Å²) >= 11 is 1.51. The molecule has 1 aliphatic heterocycles. The number of carboxylic acids is 1. The molecule has 2 atom stereocenters. The Balaban J connectivity index is 2.08. The molecule has 2 rings (SSSR count). The van der Waals surface area contributed by atoms with Gasteiger partial charge in [0.15, 0.2) is 0 Å². The van der Waals surface area contributed by atoms with Crippen LogP contribution >= 0.6 is 11.3 Å². The molecule has 18 heavy (non-hydrogen) atoms. The van der Waals surface area contributed by atoms with Gasteiger partial charge in [0.1, 0.15) is 11.0 Å². The number of aromatic nitrogens is 1. The van der Waals surface area contributed by atoms with Gasteiger partial charge in [-0.3, -0.25) is 10.1 Å². The van der Waals surface area contributed by atoms with Gasteiger partial charge in [-0.2, -0.15) is 0 Å². The van der Waals surface area contributed by atoms with Crippen molar-refractivity contribution in [1.29, 1.82) is 0 Å². The highest BCUT2D eigenvalue weighted by Crippen LogP contribution is 2.29. The molecule has 0 fully saturated rings. The minimum absolute atomic E-state index is 0.136. The molecule has 0 aliphatic carbocycles. The van der Waals surface area contributed by atoms with Crippen LogP contribution in [0.1, 0.15) is 24.4 Å². The van der Waals surface area contributed by atoms with Gasteiger partial charge < -0.3 is 9.84 Å². The average molecular weight is 268 g/mol. The quantitative estimate of drug-likeness (QED) is 0.605. The first-order chi connectivity index (χ1) is 8.72. The van der Waals surface area contributed by atoms with Crippen LogP contribution in [0, 0.1) is 0 Å². The van der Waals surface area contributed by atoms with Gasteiger partial charge in [0.25, 0.3) is 0 Å². The molecule has 1 aromatic heterocycles. The van der Waals surface area contributed by atoms with Crippen molar-refractivity contribution in [2.45, 2.75) is 25.4 Å². The summed E-state index contributed by atoms with van der Waals surface area (Å²) in [6.07, 6.45) is 4.40. The molecular weight excluding hydrogens is 252 g/mol. The van der Waals surface area contributed by atoms with Gasteiger partial charge in [0.05, 0.1) is 12.6 Å². The summed E-state index contributed by atoms with van der Waals surface area (Å²) in [5, 5.41) is 14.9. The largest absolute Gasteiger partial charge is 0.480 e. The number of thiazole rings is 1. The predicted octanol–water partition coefficient (Wildman–Crippen LogP) is 1.59. The Morgan fingerprint density at radius 2 is 2.50 bits per heavy atom. The number of hydrogen-bond acceptors (Lipinski definition) is 5. The molecule has 2 unspecified atom stereocenters. The summed E-state index contributed by atoms with van der Waals surface area (Å²) in [6.45, 7) is 3.17. The number of carbonyl (C=O) groups is 1. The van der Waals surface area contributed by atoms with E-state index in [0.717, 1.165) is 17.0 Å². The minimum Gasteiger partial charge on any atom is -0.480 e. The zero-order valence-electron chi connectivity index (χ0n) is 10.1. The van der Waals surface area contributed by atoms with Crippen LogP contribution < -0.4 is 5.32 Å². The smallest absolute Gasteiger partial charge is 0.324 e. The lowest BCUT2D eigenvalue weighted by molar-refractivity contribution is -0.138. The van der Waals surface area contributed by atoms with Gasteiger partial charge in [0, 0.05) is 18.2 Å². The summed E-state index contributed by atoms with van der Waals surface area (Å²) in [7, 11) is 0. The second kappa shape index (κ2) is 6.08. The minimum atomic E-state index is -0.873. The first-order valence-electron chi connectivity index (χ1n) is 5.89. The third kappa shape index (κ3) is 2.95. The number of carboxylic acid groups (broad SMARTS) is 1. The summed E-state index contributed by atoms with van der Waals surface area (Å²) in [5.41, 5.74) is 0.950. The summed E-state index contributed by atoms with van der Waals surface area (Å²) in [6, 6.07) is -0.790. The molecule has 0 radical (unpaired) electrons. The number of rotatable bonds is 6. The summed E-state index contributed by atoms with van der Waals surface area (Å²) < 4.78 is 5.50. The lowest BCUT2D eigenvalue weighted by Crippen LogP contribution is -2.32. The molecule has 0 amide bonds. The van der Waals surface area contributed by atoms with Gasteiger partial charge in [0.2, 0.25) is 0 Å². The van der Waals surface area contributed by atoms with Crippen LogP contribution in [-0.4, -0.2) is 35.3 Å². The first kappa shape index (κ1) is 13.2. The number of aliphatic carboxylic acids is 1. The lowest BCUT2D eigenvalue weighted by Gasteiger charge is -2.14. The number of hydrogen-bond donors (Lipinski definition) is 2. The molecule has 1 aliphatic rings. The predicted molar refractivity (Wildman–Crippen MR) is 68.6 cm³/mol. The van der Waals surface area contributed by atoms with E-state index in [1.54, 1.807) is 12.3 Å². The van der Waals surface area contributed by atoms with E-state index in [4.69, 9.17) is 9.84 Å². The molecule has 98 valence electrons. The third-order valence-electron chi connectivity index (χ3n) is 2.68. The van der Waals surface area contributed by atoms with E-state index in [1.807, 2.05) is 12.3 Å². The highest BCUT2D eigenvalue weighted by molar-refractivity contribution is 7.09. The molecule has 0 saturated carbocycles. The highest BCUT2D eigenvalue weighted by atomic mass is 32.1. The third-order valence-corrected chi connectivity index (χ3v) is 3.52. The zero-order valence-corrected chi connectivity index (χ0v) is 10.9. The maximum Gasteiger partial charge on any atom is 0.324 e. The Hall–Kier alpha value is -1.24. The summed E-state index contributed by atoms with van der Waals surface area (Å²) in [5.74, 6) is -0.873. The van der Waals surface area contributed by atoms with Crippen LogP contribution in [0.25, 0.3) is 0 Å². The highest BCUT2D eigenvalue weighted by Gasteiger charge is 2.32. The van der Waals surface area contributed by atoms with Crippen molar-refractivity contribution < 1.29 is 14.6 Å². The van der Waals surface area contributed by atoms with Gasteiger partial charge in [-0.05, 0) is 12.0 Å². The summed E-state index contributed by atoms with van der Waals surface area (Å²) in [4.78, 5) is 15.3. The second-order valence-electron chi connectivity index (χ2n) is 4.08. The van der Waals surface area contributed by atoms with Crippen LogP contribution in [0.4, 0.5) is 0 Å². The lowest BCUT2D eigenvalue weighted by atomic mass is 10.1. The van der Waals surface area contributed by atoms with Crippen LogP contribution in [0.15, 0.2) is 23.2 Å². The number of ether oxygens (including phenoxy) is 1. The van der Waals surface area contributed by atoms with E-state index in [2.05, 4.69) is 10.3 Å². The Labute approximate surface area is 109 Å². The molecule has 0 spiro atoms.